The molecule has 1 aromatic carbocycles. The standard InChI is InChI=1S/C16H25ClN2/c1-4-12(3)16-11-19(14(5-2)10-18-16)15-8-6-7-13(17)9-15/h6-9,12,14,16,18H,4-5,10-11H2,1-3H3. The molecule has 0 radical (unpaired) electrons. The lowest BCUT2D eigenvalue weighted by atomic mass is 9.94. The van der Waals surface area contributed by atoms with Crippen LogP contribution in [0.25, 0.3) is 0 Å². The van der Waals surface area contributed by atoms with Crippen molar-refractivity contribution in [3.05, 3.63) is 29.3 Å². The molecule has 1 aliphatic heterocycles. The number of hydrogen-bond donors (Lipinski definition) is 1. The van der Waals surface area contributed by atoms with Crippen LogP contribution in [0, 0.1) is 5.92 Å². The molecule has 1 saturated heterocycles. The molecule has 106 valence electrons. The molecule has 0 saturated carbocycles. The number of benzene rings is 1. The minimum Gasteiger partial charge on any atom is -0.366 e. The van der Waals surface area contributed by atoms with Crippen LogP contribution >= 0.6 is 11.6 Å². The van der Waals surface area contributed by atoms with Gasteiger partial charge in [0.15, 0.2) is 0 Å². The monoisotopic (exact) mass is 280 g/mol. The highest BCUT2D eigenvalue weighted by Gasteiger charge is 2.29. The van der Waals surface area contributed by atoms with Crippen molar-refractivity contribution in [2.24, 2.45) is 5.92 Å². The summed E-state index contributed by atoms with van der Waals surface area (Å²) in [7, 11) is 0. The summed E-state index contributed by atoms with van der Waals surface area (Å²) in [6, 6.07) is 9.40. The highest BCUT2D eigenvalue weighted by Crippen LogP contribution is 2.26. The van der Waals surface area contributed by atoms with Gasteiger partial charge >= 0.3 is 0 Å². The normalized spacial score (nSPS) is 25.4. The Bertz CT molecular complexity index is 407. The van der Waals surface area contributed by atoms with Crippen LogP contribution < -0.4 is 10.2 Å². The molecule has 0 aliphatic carbocycles. The van der Waals surface area contributed by atoms with Crippen molar-refractivity contribution >= 4 is 17.3 Å². The van der Waals surface area contributed by atoms with Gasteiger partial charge in [-0.3, -0.25) is 0 Å². The van der Waals surface area contributed by atoms with Gasteiger partial charge in [0.05, 0.1) is 0 Å². The van der Waals surface area contributed by atoms with E-state index in [0.717, 1.165) is 24.5 Å². The van der Waals surface area contributed by atoms with Gasteiger partial charge < -0.3 is 10.2 Å². The van der Waals surface area contributed by atoms with Crippen molar-refractivity contribution in [1.82, 2.24) is 5.32 Å². The quantitative estimate of drug-likeness (QED) is 0.899. The Labute approximate surface area is 122 Å². The molecule has 3 unspecified atom stereocenters. The van der Waals surface area contributed by atoms with Crippen LogP contribution in [-0.4, -0.2) is 25.2 Å². The minimum atomic E-state index is 0.568. The molecule has 2 nitrogen and oxygen atoms in total. The Balaban J connectivity index is 2.18. The van der Waals surface area contributed by atoms with E-state index in [1.54, 1.807) is 0 Å². The second kappa shape index (κ2) is 6.62. The molecular weight excluding hydrogens is 256 g/mol. The Morgan fingerprint density at radius 1 is 1.42 bits per heavy atom. The molecule has 0 spiro atoms. The van der Waals surface area contributed by atoms with Gasteiger partial charge in [-0.05, 0) is 30.5 Å². The van der Waals surface area contributed by atoms with Gasteiger partial charge in [-0.25, -0.2) is 0 Å². The van der Waals surface area contributed by atoms with E-state index in [9.17, 15) is 0 Å². The van der Waals surface area contributed by atoms with Crippen LogP contribution in [0.3, 0.4) is 0 Å². The smallest absolute Gasteiger partial charge is 0.0426 e. The molecular formula is C16H25ClN2. The van der Waals surface area contributed by atoms with Crippen LogP contribution in [0.4, 0.5) is 5.69 Å². The number of nitrogens with zero attached hydrogens (tertiary/aromatic N) is 1. The maximum Gasteiger partial charge on any atom is 0.0426 e. The maximum absolute atomic E-state index is 6.14. The fourth-order valence-electron chi connectivity index (χ4n) is 2.82. The zero-order chi connectivity index (χ0) is 13.8. The Kier molecular flexibility index (Phi) is 5.12. The summed E-state index contributed by atoms with van der Waals surface area (Å²) in [6.07, 6.45) is 2.38. The molecule has 1 aliphatic rings. The molecule has 0 amide bonds. The second-order valence-corrected chi connectivity index (χ2v) is 6.03. The zero-order valence-electron chi connectivity index (χ0n) is 12.2. The molecule has 1 fully saturated rings. The summed E-state index contributed by atoms with van der Waals surface area (Å²) in [5.74, 6) is 0.708. The molecule has 3 heteroatoms. The van der Waals surface area contributed by atoms with Gasteiger partial charge in [-0.2, -0.15) is 0 Å². The second-order valence-electron chi connectivity index (χ2n) is 5.59. The lowest BCUT2D eigenvalue weighted by molar-refractivity contribution is 0.306. The molecule has 1 aromatic rings. The van der Waals surface area contributed by atoms with E-state index in [1.165, 1.54) is 12.1 Å². The van der Waals surface area contributed by atoms with E-state index in [1.807, 2.05) is 12.1 Å². The average Bonchev–Trinajstić information content (AvgIpc) is 2.45. The van der Waals surface area contributed by atoms with E-state index in [-0.39, 0.29) is 0 Å². The first kappa shape index (κ1) is 14.7. The van der Waals surface area contributed by atoms with Crippen LogP contribution in [0.15, 0.2) is 24.3 Å². The van der Waals surface area contributed by atoms with Crippen LogP contribution in [0.1, 0.15) is 33.6 Å². The lowest BCUT2D eigenvalue weighted by Crippen LogP contribution is -2.58. The number of rotatable bonds is 4. The Morgan fingerprint density at radius 3 is 2.84 bits per heavy atom. The number of hydrogen-bond acceptors (Lipinski definition) is 2. The summed E-state index contributed by atoms with van der Waals surface area (Å²) in [6.45, 7) is 9.00. The third-order valence-corrected chi connectivity index (χ3v) is 4.63. The van der Waals surface area contributed by atoms with Gasteiger partial charge in [0.1, 0.15) is 0 Å². The topological polar surface area (TPSA) is 15.3 Å². The summed E-state index contributed by atoms with van der Waals surface area (Å²) >= 11 is 6.14. The number of halogens is 1. The molecule has 1 heterocycles. The SMILES string of the molecule is CCC(C)C1CN(c2cccc(Cl)c2)C(CC)CN1. The Morgan fingerprint density at radius 2 is 2.21 bits per heavy atom. The summed E-state index contributed by atoms with van der Waals surface area (Å²) in [4.78, 5) is 2.53. The molecule has 19 heavy (non-hydrogen) atoms. The fourth-order valence-corrected chi connectivity index (χ4v) is 3.01. The zero-order valence-corrected chi connectivity index (χ0v) is 13.0. The predicted molar refractivity (Wildman–Crippen MR) is 84.1 cm³/mol. The Hall–Kier alpha value is -0.730. The summed E-state index contributed by atoms with van der Waals surface area (Å²) < 4.78 is 0. The highest BCUT2D eigenvalue weighted by atomic mass is 35.5. The molecule has 3 atom stereocenters. The van der Waals surface area contributed by atoms with Crippen LogP contribution in [0.2, 0.25) is 5.02 Å². The van der Waals surface area contributed by atoms with Crippen molar-refractivity contribution in [2.45, 2.75) is 45.7 Å². The third kappa shape index (κ3) is 3.43. The van der Waals surface area contributed by atoms with Crippen LogP contribution in [0.5, 0.6) is 0 Å². The molecule has 0 bridgehead atoms. The number of nitrogens with one attached hydrogen (secondary N) is 1. The highest BCUT2D eigenvalue weighted by molar-refractivity contribution is 6.30. The van der Waals surface area contributed by atoms with E-state index < -0.39 is 0 Å². The first-order valence-corrected chi connectivity index (χ1v) is 7.79. The third-order valence-electron chi connectivity index (χ3n) is 4.39. The van der Waals surface area contributed by atoms with Crippen molar-refractivity contribution in [3.63, 3.8) is 0 Å². The van der Waals surface area contributed by atoms with E-state index in [4.69, 9.17) is 11.6 Å². The van der Waals surface area contributed by atoms with Gasteiger partial charge in [0.2, 0.25) is 0 Å². The van der Waals surface area contributed by atoms with Crippen LogP contribution in [-0.2, 0) is 0 Å². The molecule has 2 rings (SSSR count). The minimum absolute atomic E-state index is 0.568. The average molecular weight is 281 g/mol. The van der Waals surface area contributed by atoms with Gasteiger partial charge in [0.25, 0.3) is 0 Å². The summed E-state index contributed by atoms with van der Waals surface area (Å²) in [5, 5.41) is 4.54. The largest absolute Gasteiger partial charge is 0.366 e. The summed E-state index contributed by atoms with van der Waals surface area (Å²) in [5.41, 5.74) is 1.26. The predicted octanol–water partition coefficient (Wildman–Crippen LogP) is 3.94. The number of piperazine rings is 1. The van der Waals surface area contributed by atoms with Gasteiger partial charge in [0, 0.05) is 35.9 Å². The molecule has 1 N–H and O–H groups in total. The van der Waals surface area contributed by atoms with Gasteiger partial charge in [-0.1, -0.05) is 44.9 Å². The van der Waals surface area contributed by atoms with Crippen molar-refractivity contribution < 1.29 is 0 Å². The van der Waals surface area contributed by atoms with E-state index in [2.05, 4.69) is 43.1 Å². The first-order chi connectivity index (χ1) is 9.15. The van der Waals surface area contributed by atoms with Gasteiger partial charge in [-0.15, -0.1) is 0 Å². The van der Waals surface area contributed by atoms with Crippen molar-refractivity contribution in [3.8, 4) is 0 Å². The lowest BCUT2D eigenvalue weighted by Gasteiger charge is -2.43. The first-order valence-electron chi connectivity index (χ1n) is 7.41. The van der Waals surface area contributed by atoms with Crippen molar-refractivity contribution in [1.29, 1.82) is 0 Å². The molecule has 0 aromatic heterocycles. The number of anilines is 1. The van der Waals surface area contributed by atoms with E-state index in [0.29, 0.717) is 18.0 Å². The maximum atomic E-state index is 6.14. The fraction of sp³-hybridized carbons (Fsp3) is 0.625. The van der Waals surface area contributed by atoms with E-state index >= 15 is 0 Å². The van der Waals surface area contributed by atoms with Crippen molar-refractivity contribution in [2.75, 3.05) is 18.0 Å².